The van der Waals surface area contributed by atoms with Gasteiger partial charge in [0.05, 0.1) is 10.6 Å². The van der Waals surface area contributed by atoms with Gasteiger partial charge in [0, 0.05) is 0 Å². The van der Waals surface area contributed by atoms with Crippen molar-refractivity contribution < 1.29 is 23.5 Å². The summed E-state index contributed by atoms with van der Waals surface area (Å²) >= 11 is 0. The maximum atomic E-state index is 11.8. The molecule has 1 aromatic carbocycles. The second kappa shape index (κ2) is 4.82. The predicted molar refractivity (Wildman–Crippen MR) is 59.0 cm³/mol. The molecule has 0 aliphatic rings. The van der Waals surface area contributed by atoms with Crippen LogP contribution in [0.25, 0.3) is 0 Å². The summed E-state index contributed by atoms with van der Waals surface area (Å²) in [6.45, 7) is 1.01. The molecule has 1 atom stereocenters. The van der Waals surface area contributed by atoms with Crippen LogP contribution in [0.1, 0.15) is 6.92 Å². The molecule has 94 valence electrons. The first kappa shape index (κ1) is 13.6. The lowest BCUT2D eigenvalue weighted by atomic mass is 10.1. The molecule has 1 rings (SSSR count). The van der Waals surface area contributed by atoms with Gasteiger partial charge >= 0.3 is 0 Å². The molecular weight excluding hydrogens is 246 g/mol. The van der Waals surface area contributed by atoms with E-state index in [1.807, 2.05) is 0 Å². The Morgan fingerprint density at radius 2 is 1.88 bits per heavy atom. The molecule has 6 nitrogen and oxygen atoms in total. The SMILES string of the molecule is CC(O)(CS(=O)(=O)c1ccccc1)C(=O)NO. The minimum Gasteiger partial charge on any atom is -0.379 e. The van der Waals surface area contributed by atoms with Crippen molar-refractivity contribution in [1.82, 2.24) is 5.48 Å². The number of nitrogens with one attached hydrogen (secondary N) is 1. The molecule has 0 spiro atoms. The van der Waals surface area contributed by atoms with E-state index in [9.17, 15) is 18.3 Å². The van der Waals surface area contributed by atoms with E-state index >= 15 is 0 Å². The molecule has 1 amide bonds. The van der Waals surface area contributed by atoms with Crippen molar-refractivity contribution in [3.05, 3.63) is 30.3 Å². The van der Waals surface area contributed by atoms with E-state index in [1.54, 1.807) is 6.07 Å². The van der Waals surface area contributed by atoms with E-state index in [0.29, 0.717) is 0 Å². The number of rotatable bonds is 4. The third-order valence-corrected chi connectivity index (χ3v) is 4.10. The Morgan fingerprint density at radius 1 is 1.35 bits per heavy atom. The van der Waals surface area contributed by atoms with Crippen LogP contribution in [0.15, 0.2) is 35.2 Å². The first-order chi connectivity index (χ1) is 7.79. The van der Waals surface area contributed by atoms with Crippen molar-refractivity contribution in [3.63, 3.8) is 0 Å². The van der Waals surface area contributed by atoms with Crippen LogP contribution in [0.2, 0.25) is 0 Å². The van der Waals surface area contributed by atoms with Gasteiger partial charge in [0.2, 0.25) is 0 Å². The molecule has 0 radical (unpaired) electrons. The van der Waals surface area contributed by atoms with Crippen molar-refractivity contribution in [2.45, 2.75) is 17.4 Å². The molecule has 17 heavy (non-hydrogen) atoms. The Kier molecular flexibility index (Phi) is 3.87. The van der Waals surface area contributed by atoms with E-state index in [1.165, 1.54) is 29.7 Å². The summed E-state index contributed by atoms with van der Waals surface area (Å²) in [5, 5.41) is 18.0. The highest BCUT2D eigenvalue weighted by molar-refractivity contribution is 7.91. The number of hydroxylamine groups is 1. The third kappa shape index (κ3) is 3.26. The van der Waals surface area contributed by atoms with E-state index in [2.05, 4.69) is 0 Å². The fraction of sp³-hybridized carbons (Fsp3) is 0.300. The zero-order valence-corrected chi connectivity index (χ0v) is 9.94. The summed E-state index contributed by atoms with van der Waals surface area (Å²) in [6.07, 6.45) is 0. The summed E-state index contributed by atoms with van der Waals surface area (Å²) in [5.41, 5.74) is -0.965. The van der Waals surface area contributed by atoms with Gasteiger partial charge in [-0.1, -0.05) is 18.2 Å². The van der Waals surface area contributed by atoms with Gasteiger partial charge in [0.25, 0.3) is 5.91 Å². The van der Waals surface area contributed by atoms with Crippen LogP contribution in [-0.2, 0) is 14.6 Å². The van der Waals surface area contributed by atoms with Gasteiger partial charge in [-0.25, -0.2) is 13.9 Å². The topological polar surface area (TPSA) is 104 Å². The molecule has 1 unspecified atom stereocenters. The highest BCUT2D eigenvalue weighted by Gasteiger charge is 2.36. The van der Waals surface area contributed by atoms with Gasteiger partial charge in [0.1, 0.15) is 0 Å². The van der Waals surface area contributed by atoms with Crippen LogP contribution in [-0.4, -0.2) is 36.0 Å². The van der Waals surface area contributed by atoms with Crippen molar-refractivity contribution in [2.24, 2.45) is 0 Å². The number of aliphatic hydroxyl groups is 1. The summed E-state index contributed by atoms with van der Waals surface area (Å²) in [5.74, 6) is -1.98. The largest absolute Gasteiger partial charge is 0.379 e. The standard InChI is InChI=1S/C10H13NO5S/c1-10(13,9(12)11-14)7-17(15,16)8-5-3-2-4-6-8/h2-6,13-14H,7H2,1H3,(H,11,12). The first-order valence-electron chi connectivity index (χ1n) is 4.74. The van der Waals surface area contributed by atoms with Gasteiger partial charge in [0.15, 0.2) is 15.4 Å². The number of hydrogen-bond donors (Lipinski definition) is 3. The molecule has 0 saturated heterocycles. The molecule has 0 aliphatic carbocycles. The molecule has 0 heterocycles. The maximum Gasteiger partial charge on any atom is 0.276 e. The van der Waals surface area contributed by atoms with Crippen molar-refractivity contribution in [1.29, 1.82) is 0 Å². The highest BCUT2D eigenvalue weighted by atomic mass is 32.2. The number of benzene rings is 1. The quantitative estimate of drug-likeness (QED) is 0.509. The average molecular weight is 259 g/mol. The Labute approximate surface area is 98.8 Å². The molecule has 7 heteroatoms. The Hall–Kier alpha value is -1.44. The van der Waals surface area contributed by atoms with E-state index in [-0.39, 0.29) is 4.90 Å². The second-order valence-electron chi connectivity index (χ2n) is 3.79. The van der Waals surface area contributed by atoms with Crippen LogP contribution in [0.4, 0.5) is 0 Å². The maximum absolute atomic E-state index is 11.8. The molecular formula is C10H13NO5S. The molecule has 0 aromatic heterocycles. The Bertz CT molecular complexity index is 495. The van der Waals surface area contributed by atoms with Crippen LogP contribution < -0.4 is 5.48 Å². The molecule has 0 aliphatic heterocycles. The van der Waals surface area contributed by atoms with Crippen LogP contribution >= 0.6 is 0 Å². The van der Waals surface area contributed by atoms with Crippen LogP contribution in [0.3, 0.4) is 0 Å². The lowest BCUT2D eigenvalue weighted by molar-refractivity contribution is -0.144. The minimum atomic E-state index is -3.80. The van der Waals surface area contributed by atoms with Crippen LogP contribution in [0.5, 0.6) is 0 Å². The normalized spacial score (nSPS) is 15.0. The van der Waals surface area contributed by atoms with Crippen molar-refractivity contribution in [2.75, 3.05) is 5.75 Å². The van der Waals surface area contributed by atoms with E-state index < -0.39 is 27.1 Å². The first-order valence-corrected chi connectivity index (χ1v) is 6.39. The van der Waals surface area contributed by atoms with Crippen molar-refractivity contribution >= 4 is 15.7 Å². The number of amides is 1. The van der Waals surface area contributed by atoms with Crippen LogP contribution in [0, 0.1) is 0 Å². The minimum absolute atomic E-state index is 0.00557. The van der Waals surface area contributed by atoms with Gasteiger partial charge in [-0.2, -0.15) is 0 Å². The van der Waals surface area contributed by atoms with E-state index in [0.717, 1.165) is 6.92 Å². The van der Waals surface area contributed by atoms with Crippen molar-refractivity contribution in [3.8, 4) is 0 Å². The monoisotopic (exact) mass is 259 g/mol. The molecule has 1 aromatic rings. The van der Waals surface area contributed by atoms with Gasteiger partial charge in [-0.05, 0) is 19.1 Å². The predicted octanol–water partition coefficient (Wildman–Crippen LogP) is -0.283. The lowest BCUT2D eigenvalue weighted by Crippen LogP contribution is -2.48. The zero-order valence-electron chi connectivity index (χ0n) is 9.12. The number of carbonyl (C=O) groups excluding carboxylic acids is 1. The summed E-state index contributed by atoms with van der Waals surface area (Å²) in [4.78, 5) is 11.1. The zero-order chi connectivity index (χ0) is 13.1. The smallest absolute Gasteiger partial charge is 0.276 e. The summed E-state index contributed by atoms with van der Waals surface area (Å²) < 4.78 is 23.7. The van der Waals surface area contributed by atoms with E-state index in [4.69, 9.17) is 5.21 Å². The highest BCUT2D eigenvalue weighted by Crippen LogP contribution is 2.16. The third-order valence-electron chi connectivity index (χ3n) is 2.16. The summed E-state index contributed by atoms with van der Waals surface area (Å²) in [7, 11) is -3.80. The Morgan fingerprint density at radius 3 is 2.35 bits per heavy atom. The van der Waals surface area contributed by atoms with Gasteiger partial charge in [-0.15, -0.1) is 0 Å². The van der Waals surface area contributed by atoms with Gasteiger partial charge in [-0.3, -0.25) is 10.0 Å². The second-order valence-corrected chi connectivity index (χ2v) is 5.78. The molecule has 0 saturated carbocycles. The summed E-state index contributed by atoms with van der Waals surface area (Å²) in [6, 6.07) is 7.45. The molecule has 3 N–H and O–H groups in total. The lowest BCUT2D eigenvalue weighted by Gasteiger charge is -2.20. The number of carbonyl (C=O) groups is 1. The average Bonchev–Trinajstić information content (AvgIpc) is 2.27. The molecule has 0 fully saturated rings. The number of sulfone groups is 1. The fourth-order valence-electron chi connectivity index (χ4n) is 1.27. The number of hydrogen-bond acceptors (Lipinski definition) is 5. The van der Waals surface area contributed by atoms with Gasteiger partial charge < -0.3 is 5.11 Å². The molecule has 0 bridgehead atoms. The fourth-order valence-corrected chi connectivity index (χ4v) is 2.88. The Balaban J connectivity index is 3.00.